The van der Waals surface area contributed by atoms with E-state index < -0.39 is 16.8 Å². The van der Waals surface area contributed by atoms with Crippen LogP contribution in [0.25, 0.3) is 0 Å². The van der Waals surface area contributed by atoms with E-state index in [1.807, 2.05) is 6.92 Å². The van der Waals surface area contributed by atoms with Gasteiger partial charge in [-0.1, -0.05) is 0 Å². The predicted molar refractivity (Wildman–Crippen MR) is 67.6 cm³/mol. The summed E-state index contributed by atoms with van der Waals surface area (Å²) >= 11 is 0. The van der Waals surface area contributed by atoms with Crippen molar-refractivity contribution in [3.63, 3.8) is 0 Å². The monoisotopic (exact) mass is 256 g/mol. The number of pyridine rings is 1. The molecule has 2 atom stereocenters. The van der Waals surface area contributed by atoms with Crippen LogP contribution in [-0.4, -0.2) is 40.3 Å². The number of carbonyl (C=O) groups excluding carboxylic acids is 1. The van der Waals surface area contributed by atoms with Gasteiger partial charge in [0.1, 0.15) is 5.69 Å². The Morgan fingerprint density at radius 2 is 2.35 bits per heavy atom. The highest BCUT2D eigenvalue weighted by atomic mass is 32.2. The van der Waals surface area contributed by atoms with Gasteiger partial charge in [0.05, 0.1) is 7.11 Å². The molecule has 0 saturated heterocycles. The fourth-order valence-corrected chi connectivity index (χ4v) is 1.45. The van der Waals surface area contributed by atoms with Gasteiger partial charge in [-0.25, -0.2) is 9.78 Å². The number of methoxy groups -OCH3 is 1. The number of nitrogens with one attached hydrogen (secondary N) is 1. The molecule has 0 aliphatic heterocycles. The summed E-state index contributed by atoms with van der Waals surface area (Å²) in [5, 5.41) is 3.15. The number of rotatable bonds is 5. The van der Waals surface area contributed by atoms with E-state index in [2.05, 4.69) is 15.0 Å². The Morgan fingerprint density at radius 3 is 2.94 bits per heavy atom. The Kier molecular flexibility index (Phi) is 5.09. The predicted octanol–water partition coefficient (Wildman–Crippen LogP) is 1.05. The molecule has 0 fully saturated rings. The number of ether oxygens (including phenoxy) is 1. The maximum Gasteiger partial charge on any atom is 0.356 e. The SMILES string of the molecule is COC(=O)c1cc(NCC(C)S(C)=O)ccn1. The smallest absolute Gasteiger partial charge is 0.356 e. The molecule has 0 amide bonds. The number of esters is 1. The topological polar surface area (TPSA) is 68.3 Å². The normalized spacial score (nSPS) is 13.8. The van der Waals surface area contributed by atoms with Crippen molar-refractivity contribution in [3.05, 3.63) is 24.0 Å². The molecule has 1 heterocycles. The van der Waals surface area contributed by atoms with E-state index in [4.69, 9.17) is 0 Å². The number of nitrogens with zero attached hydrogens (tertiary/aromatic N) is 1. The molecule has 94 valence electrons. The maximum absolute atomic E-state index is 11.3. The zero-order chi connectivity index (χ0) is 12.8. The van der Waals surface area contributed by atoms with Crippen LogP contribution < -0.4 is 5.32 Å². The number of aromatic nitrogens is 1. The first-order valence-electron chi connectivity index (χ1n) is 5.15. The van der Waals surface area contributed by atoms with E-state index in [1.54, 1.807) is 18.4 Å². The Morgan fingerprint density at radius 1 is 1.65 bits per heavy atom. The lowest BCUT2D eigenvalue weighted by Crippen LogP contribution is -2.20. The lowest BCUT2D eigenvalue weighted by Gasteiger charge is -2.11. The Hall–Kier alpha value is -1.43. The summed E-state index contributed by atoms with van der Waals surface area (Å²) in [6.07, 6.45) is 3.20. The molecule has 0 bridgehead atoms. The highest BCUT2D eigenvalue weighted by molar-refractivity contribution is 7.84. The largest absolute Gasteiger partial charge is 0.464 e. The molecule has 1 aromatic heterocycles. The lowest BCUT2D eigenvalue weighted by atomic mass is 10.3. The average Bonchev–Trinajstić information content (AvgIpc) is 2.35. The minimum absolute atomic E-state index is 0.0461. The Labute approximate surface area is 103 Å². The second-order valence-electron chi connectivity index (χ2n) is 3.61. The van der Waals surface area contributed by atoms with Crippen LogP contribution >= 0.6 is 0 Å². The summed E-state index contributed by atoms with van der Waals surface area (Å²) in [5.41, 5.74) is 1.01. The molecule has 0 aliphatic carbocycles. The second kappa shape index (κ2) is 6.34. The van der Waals surface area contributed by atoms with Gasteiger partial charge < -0.3 is 10.1 Å². The molecule has 0 spiro atoms. The molecule has 2 unspecified atom stereocenters. The van der Waals surface area contributed by atoms with E-state index in [0.717, 1.165) is 5.69 Å². The lowest BCUT2D eigenvalue weighted by molar-refractivity contribution is 0.0594. The summed E-state index contributed by atoms with van der Waals surface area (Å²) in [6, 6.07) is 3.36. The van der Waals surface area contributed by atoms with Crippen molar-refractivity contribution in [1.29, 1.82) is 0 Å². The van der Waals surface area contributed by atoms with Gasteiger partial charge in [0.15, 0.2) is 0 Å². The van der Waals surface area contributed by atoms with Crippen LogP contribution in [0, 0.1) is 0 Å². The van der Waals surface area contributed by atoms with Crippen LogP contribution in [0.2, 0.25) is 0 Å². The molecule has 0 aromatic carbocycles. The van der Waals surface area contributed by atoms with Crippen LogP contribution in [0.3, 0.4) is 0 Å². The van der Waals surface area contributed by atoms with E-state index in [-0.39, 0.29) is 10.9 Å². The van der Waals surface area contributed by atoms with Gasteiger partial charge in [-0.05, 0) is 19.1 Å². The average molecular weight is 256 g/mol. The van der Waals surface area contributed by atoms with Gasteiger partial charge >= 0.3 is 5.97 Å². The molecule has 0 aliphatic rings. The van der Waals surface area contributed by atoms with E-state index in [9.17, 15) is 9.00 Å². The molecule has 0 radical (unpaired) electrons. The standard InChI is InChI=1S/C11H16N2O3S/c1-8(17(3)15)7-13-9-4-5-12-10(6-9)11(14)16-2/h4-6,8H,7H2,1-3H3,(H,12,13). The number of anilines is 1. The molecule has 17 heavy (non-hydrogen) atoms. The first kappa shape index (κ1) is 13.6. The third kappa shape index (κ3) is 4.14. The minimum Gasteiger partial charge on any atom is -0.464 e. The summed E-state index contributed by atoms with van der Waals surface area (Å²) in [4.78, 5) is 15.1. The molecular weight excluding hydrogens is 240 g/mol. The quantitative estimate of drug-likeness (QED) is 0.797. The van der Waals surface area contributed by atoms with Gasteiger partial charge in [0.25, 0.3) is 0 Å². The summed E-state index contributed by atoms with van der Waals surface area (Å²) < 4.78 is 15.7. The van der Waals surface area contributed by atoms with Crippen molar-refractivity contribution in [1.82, 2.24) is 4.98 Å². The number of hydrogen-bond acceptors (Lipinski definition) is 5. The van der Waals surface area contributed by atoms with Gasteiger partial charge in [-0.2, -0.15) is 0 Å². The fraction of sp³-hybridized carbons (Fsp3) is 0.455. The van der Waals surface area contributed by atoms with Gasteiger partial charge in [-0.15, -0.1) is 0 Å². The van der Waals surface area contributed by atoms with E-state index >= 15 is 0 Å². The first-order valence-corrected chi connectivity index (χ1v) is 6.77. The highest BCUT2D eigenvalue weighted by Gasteiger charge is 2.09. The van der Waals surface area contributed by atoms with Crippen LogP contribution in [0.4, 0.5) is 5.69 Å². The zero-order valence-corrected chi connectivity index (χ0v) is 10.9. The summed E-state index contributed by atoms with van der Waals surface area (Å²) in [5.74, 6) is -0.472. The fourth-order valence-electron chi connectivity index (χ4n) is 1.14. The van der Waals surface area contributed by atoms with Crippen LogP contribution in [-0.2, 0) is 15.5 Å². The Bertz CT molecular complexity index is 423. The molecule has 1 rings (SSSR count). The van der Waals surface area contributed by atoms with Crippen LogP contribution in [0.15, 0.2) is 18.3 Å². The second-order valence-corrected chi connectivity index (χ2v) is 5.41. The third-order valence-electron chi connectivity index (χ3n) is 2.31. The van der Waals surface area contributed by atoms with Crippen LogP contribution in [0.5, 0.6) is 0 Å². The maximum atomic E-state index is 11.3. The zero-order valence-electron chi connectivity index (χ0n) is 10.1. The van der Waals surface area contributed by atoms with Gasteiger partial charge in [0, 0.05) is 40.7 Å². The molecular formula is C11H16N2O3S. The summed E-state index contributed by atoms with van der Waals surface area (Å²) in [6.45, 7) is 2.47. The highest BCUT2D eigenvalue weighted by Crippen LogP contribution is 2.09. The molecule has 5 nitrogen and oxygen atoms in total. The van der Waals surface area contributed by atoms with Crippen LogP contribution in [0.1, 0.15) is 17.4 Å². The molecule has 1 aromatic rings. The molecule has 0 saturated carbocycles. The molecule has 6 heteroatoms. The molecule has 1 N–H and O–H groups in total. The van der Waals surface area contributed by atoms with E-state index in [0.29, 0.717) is 6.54 Å². The van der Waals surface area contributed by atoms with Crippen molar-refractivity contribution in [2.24, 2.45) is 0 Å². The van der Waals surface area contributed by atoms with Crippen molar-refractivity contribution in [3.8, 4) is 0 Å². The Balaban J connectivity index is 2.66. The summed E-state index contributed by atoms with van der Waals surface area (Å²) in [7, 11) is 0.442. The van der Waals surface area contributed by atoms with Crippen molar-refractivity contribution >= 4 is 22.5 Å². The minimum atomic E-state index is -0.869. The third-order valence-corrected chi connectivity index (χ3v) is 3.61. The number of hydrogen-bond donors (Lipinski definition) is 1. The number of carbonyl (C=O) groups is 1. The van der Waals surface area contributed by atoms with E-state index in [1.165, 1.54) is 13.3 Å². The van der Waals surface area contributed by atoms with Gasteiger partial charge in [-0.3, -0.25) is 4.21 Å². The van der Waals surface area contributed by atoms with Crippen molar-refractivity contribution in [2.75, 3.05) is 25.2 Å². The van der Waals surface area contributed by atoms with Gasteiger partial charge in [0.2, 0.25) is 0 Å². The first-order chi connectivity index (χ1) is 8.04. The van der Waals surface area contributed by atoms with Crippen molar-refractivity contribution < 1.29 is 13.7 Å². The van der Waals surface area contributed by atoms with Crippen molar-refractivity contribution in [2.45, 2.75) is 12.2 Å².